The van der Waals surface area contributed by atoms with Crippen molar-refractivity contribution in [2.24, 2.45) is 7.05 Å². The molecule has 7 rings (SSSR count). The largest absolute Gasteiger partial charge is 0.490 e. The Morgan fingerprint density at radius 3 is 2.80 bits per heavy atom. The zero-order chi connectivity index (χ0) is 32.3. The smallest absolute Gasteiger partial charge is 0.246 e. The lowest BCUT2D eigenvalue weighted by molar-refractivity contribution is -0.127. The van der Waals surface area contributed by atoms with Gasteiger partial charge in [-0.3, -0.25) is 9.48 Å². The van der Waals surface area contributed by atoms with Crippen LogP contribution in [0.4, 0.5) is 8.78 Å². The van der Waals surface area contributed by atoms with Gasteiger partial charge in [-0.15, -0.1) is 11.3 Å². The minimum atomic E-state index is -0.870. The summed E-state index contributed by atoms with van der Waals surface area (Å²) in [5.41, 5.74) is 5.26. The third kappa shape index (κ3) is 5.03. The lowest BCUT2D eigenvalue weighted by Crippen LogP contribution is -2.39. The molecule has 1 N–H and O–H groups in total. The number of rotatable bonds is 7. The minimum absolute atomic E-state index is 0.0196. The Balaban J connectivity index is 1.51. The van der Waals surface area contributed by atoms with Crippen molar-refractivity contribution in [3.05, 3.63) is 84.2 Å². The number of ether oxygens (including phenoxy) is 1. The monoisotopic (exact) mass is 640 g/mol. The number of benzene rings is 2. The second-order valence-electron chi connectivity index (χ2n) is 11.6. The van der Waals surface area contributed by atoms with Gasteiger partial charge in [0.2, 0.25) is 5.91 Å². The summed E-state index contributed by atoms with van der Waals surface area (Å²) < 4.78 is 40.9. The summed E-state index contributed by atoms with van der Waals surface area (Å²) in [6.45, 7) is 7.72. The van der Waals surface area contributed by atoms with Crippen LogP contribution in [0.3, 0.4) is 0 Å². The fourth-order valence-corrected chi connectivity index (χ4v) is 7.01. The van der Waals surface area contributed by atoms with Gasteiger partial charge < -0.3 is 19.3 Å². The summed E-state index contributed by atoms with van der Waals surface area (Å²) in [4.78, 5) is 23.9. The molecule has 2 unspecified atom stereocenters. The minimum Gasteiger partial charge on any atom is -0.490 e. The van der Waals surface area contributed by atoms with Gasteiger partial charge in [-0.1, -0.05) is 12.6 Å². The van der Waals surface area contributed by atoms with E-state index in [0.717, 1.165) is 39.8 Å². The zero-order valence-electron chi connectivity index (χ0n) is 25.4. The Bertz CT molecular complexity index is 2170. The SMILES string of the molecule is C=CC(=O)N1Cc2cc(-c3nc(-c4ccc5c(c4)ncn5C)c4ccsc4c3-c3c(F)cc(F)cc3OCC(C)O)nn2C(C)C1. The summed E-state index contributed by atoms with van der Waals surface area (Å²) in [5, 5.41) is 17.6. The molecule has 0 fully saturated rings. The van der Waals surface area contributed by atoms with E-state index in [0.29, 0.717) is 40.4 Å². The maximum absolute atomic E-state index is 16.0. The van der Waals surface area contributed by atoms with Gasteiger partial charge in [0.1, 0.15) is 35.4 Å². The maximum Gasteiger partial charge on any atom is 0.246 e. The summed E-state index contributed by atoms with van der Waals surface area (Å²) >= 11 is 1.40. The molecule has 9 nitrogen and oxygen atoms in total. The molecule has 0 spiro atoms. The van der Waals surface area contributed by atoms with Gasteiger partial charge in [0.05, 0.1) is 53.0 Å². The van der Waals surface area contributed by atoms with Crippen molar-refractivity contribution < 1.29 is 23.4 Å². The Morgan fingerprint density at radius 1 is 1.20 bits per heavy atom. The number of pyridine rings is 1. The summed E-state index contributed by atoms with van der Waals surface area (Å²) in [6.07, 6.45) is 2.17. The Labute approximate surface area is 267 Å². The number of aryl methyl sites for hydroxylation is 1. The quantitative estimate of drug-likeness (QED) is 0.200. The molecule has 12 heteroatoms. The molecule has 0 radical (unpaired) electrons. The van der Waals surface area contributed by atoms with Crippen molar-refractivity contribution in [2.45, 2.75) is 32.5 Å². The molecule has 0 saturated heterocycles. The van der Waals surface area contributed by atoms with Crippen molar-refractivity contribution in [3.8, 4) is 39.5 Å². The highest BCUT2D eigenvalue weighted by Gasteiger charge is 2.30. The van der Waals surface area contributed by atoms with Gasteiger partial charge in [-0.05, 0) is 49.6 Å². The number of carbonyl (C=O) groups excluding carboxylic acids is 1. The number of hydrogen-bond acceptors (Lipinski definition) is 7. The third-order valence-corrected chi connectivity index (χ3v) is 9.08. The topological polar surface area (TPSA) is 98.3 Å². The van der Waals surface area contributed by atoms with E-state index < -0.39 is 17.7 Å². The number of hydrogen-bond donors (Lipinski definition) is 1. The predicted molar refractivity (Wildman–Crippen MR) is 173 cm³/mol. The number of imidazole rings is 1. The molecular formula is C34H30F2N6O3S. The Hall–Kier alpha value is -4.94. The van der Waals surface area contributed by atoms with E-state index in [1.54, 1.807) is 11.2 Å². The van der Waals surface area contributed by atoms with Gasteiger partial charge in [-0.2, -0.15) is 5.10 Å². The lowest BCUT2D eigenvalue weighted by atomic mass is 9.96. The Morgan fingerprint density at radius 2 is 2.02 bits per heavy atom. The number of halogens is 2. The van der Waals surface area contributed by atoms with Crippen LogP contribution in [-0.2, 0) is 18.4 Å². The van der Waals surface area contributed by atoms with Crippen LogP contribution in [0, 0.1) is 11.6 Å². The van der Waals surface area contributed by atoms with Gasteiger partial charge in [-0.25, -0.2) is 18.7 Å². The normalized spacial score (nSPS) is 15.3. The number of nitrogens with zero attached hydrogens (tertiary/aromatic N) is 6. The third-order valence-electron chi connectivity index (χ3n) is 8.15. The molecule has 2 aromatic carbocycles. The highest BCUT2D eigenvalue weighted by molar-refractivity contribution is 7.18. The van der Waals surface area contributed by atoms with Crippen molar-refractivity contribution in [1.82, 2.24) is 29.2 Å². The van der Waals surface area contributed by atoms with Crippen molar-refractivity contribution in [1.29, 1.82) is 0 Å². The summed E-state index contributed by atoms with van der Waals surface area (Å²) in [6, 6.07) is 11.5. The molecule has 46 heavy (non-hydrogen) atoms. The van der Waals surface area contributed by atoms with E-state index >= 15 is 4.39 Å². The highest BCUT2D eigenvalue weighted by Crippen LogP contribution is 2.47. The molecule has 1 aliphatic rings. The van der Waals surface area contributed by atoms with E-state index in [1.165, 1.54) is 24.3 Å². The van der Waals surface area contributed by atoms with E-state index in [-0.39, 0.29) is 29.9 Å². The van der Waals surface area contributed by atoms with Crippen molar-refractivity contribution in [2.75, 3.05) is 13.2 Å². The number of fused-ring (bicyclic) bond motifs is 3. The first-order valence-corrected chi connectivity index (χ1v) is 15.6. The molecule has 0 aliphatic carbocycles. The molecule has 1 amide bonds. The van der Waals surface area contributed by atoms with E-state index in [1.807, 2.05) is 58.9 Å². The second kappa shape index (κ2) is 11.5. The average Bonchev–Trinajstić information content (AvgIpc) is 3.78. The molecule has 0 saturated carbocycles. The molecule has 1 aliphatic heterocycles. The predicted octanol–water partition coefficient (Wildman–Crippen LogP) is 6.51. The molecule has 2 atom stereocenters. The fourth-order valence-electron chi connectivity index (χ4n) is 6.06. The van der Waals surface area contributed by atoms with Gasteiger partial charge in [0.15, 0.2) is 0 Å². The van der Waals surface area contributed by atoms with Gasteiger partial charge in [0, 0.05) is 46.9 Å². The number of aromatic nitrogens is 5. The number of amides is 1. The highest BCUT2D eigenvalue weighted by atomic mass is 32.1. The molecule has 5 heterocycles. The van der Waals surface area contributed by atoms with E-state index in [4.69, 9.17) is 14.8 Å². The molecule has 0 bridgehead atoms. The van der Waals surface area contributed by atoms with Crippen LogP contribution in [-0.4, -0.2) is 59.5 Å². The summed E-state index contributed by atoms with van der Waals surface area (Å²) in [5.74, 6) is -1.88. The lowest BCUT2D eigenvalue weighted by Gasteiger charge is -2.31. The fraction of sp³-hybridized carbons (Fsp3) is 0.235. The first-order valence-electron chi connectivity index (χ1n) is 14.8. The number of carbonyl (C=O) groups is 1. The number of thiophene rings is 1. The molecule has 4 aromatic heterocycles. The average molecular weight is 641 g/mol. The van der Waals surface area contributed by atoms with Crippen LogP contribution in [0.5, 0.6) is 5.75 Å². The van der Waals surface area contributed by atoms with Crippen LogP contribution < -0.4 is 4.74 Å². The van der Waals surface area contributed by atoms with E-state index in [2.05, 4.69) is 11.6 Å². The zero-order valence-corrected chi connectivity index (χ0v) is 26.2. The standard InChI is InChI=1S/C34H30F2N6O3S/c1-5-29(44)41-14-18(2)42-22(15-41)13-26(39-42)33-31(30-24(36)11-21(35)12-28(30)45-16-19(3)43)34-23(8-9-46-34)32(38-33)20-6-7-27-25(10-20)37-17-40(27)4/h5-13,17-19,43H,1,14-16H2,2-4H3. The molecular weight excluding hydrogens is 610 g/mol. The number of aliphatic hydroxyl groups is 1. The van der Waals surface area contributed by atoms with Crippen molar-refractivity contribution >= 4 is 38.4 Å². The first-order chi connectivity index (χ1) is 22.1. The van der Waals surface area contributed by atoms with E-state index in [9.17, 15) is 14.3 Å². The van der Waals surface area contributed by atoms with Crippen LogP contribution in [0.25, 0.3) is 54.9 Å². The maximum atomic E-state index is 16.0. The molecule has 6 aromatic rings. The second-order valence-corrected chi connectivity index (χ2v) is 12.5. The summed E-state index contributed by atoms with van der Waals surface area (Å²) in [7, 11) is 1.93. The van der Waals surface area contributed by atoms with Crippen LogP contribution in [0.15, 0.2) is 66.8 Å². The number of aliphatic hydroxyl groups excluding tert-OH is 1. The van der Waals surface area contributed by atoms with Crippen LogP contribution >= 0.6 is 11.3 Å². The first kappa shape index (κ1) is 29.8. The van der Waals surface area contributed by atoms with Crippen LogP contribution in [0.1, 0.15) is 25.6 Å². The van der Waals surface area contributed by atoms with Gasteiger partial charge >= 0.3 is 0 Å². The van der Waals surface area contributed by atoms with Gasteiger partial charge in [0.25, 0.3) is 0 Å². The van der Waals surface area contributed by atoms with Crippen molar-refractivity contribution in [3.63, 3.8) is 0 Å². The molecule has 234 valence electrons. The Kier molecular flexibility index (Phi) is 7.41. The van der Waals surface area contributed by atoms with Crippen LogP contribution in [0.2, 0.25) is 0 Å².